The number of anilines is 2. The molecule has 3 N–H and O–H groups in total. The zero-order valence-corrected chi connectivity index (χ0v) is 12.2. The molecule has 2 aromatic rings. The Balaban J connectivity index is 2.30. The summed E-state index contributed by atoms with van der Waals surface area (Å²) in [6.45, 7) is 0. The molecule has 0 aromatic heterocycles. The smallest absolute Gasteiger partial charge is 0.255 e. The minimum Gasteiger partial charge on any atom is -0.397 e. The average molecular weight is 362 g/mol. The number of carbonyl (C=O) groups excluding carboxylic acids is 1. The second kappa shape index (κ2) is 5.76. The lowest BCUT2D eigenvalue weighted by Crippen LogP contribution is -2.14. The zero-order chi connectivity index (χ0) is 14.9. The van der Waals surface area contributed by atoms with Crippen molar-refractivity contribution in [1.82, 2.24) is 0 Å². The van der Waals surface area contributed by atoms with Crippen LogP contribution in [0.4, 0.5) is 20.2 Å². The van der Waals surface area contributed by atoms with E-state index in [1.807, 2.05) is 0 Å². The lowest BCUT2D eigenvalue weighted by molar-refractivity contribution is 0.102. The van der Waals surface area contributed by atoms with Crippen molar-refractivity contribution in [3.05, 3.63) is 57.0 Å². The summed E-state index contributed by atoms with van der Waals surface area (Å²) >= 11 is 9.06. The van der Waals surface area contributed by atoms with E-state index in [1.165, 1.54) is 12.1 Å². The Morgan fingerprint density at radius 2 is 1.95 bits per heavy atom. The molecule has 1 amide bonds. The van der Waals surface area contributed by atoms with Gasteiger partial charge >= 0.3 is 0 Å². The SMILES string of the molecule is Nc1cc(F)cc(F)c1NC(=O)c1ccc(Br)c(Cl)c1. The van der Waals surface area contributed by atoms with Crippen LogP contribution < -0.4 is 11.1 Å². The van der Waals surface area contributed by atoms with E-state index in [9.17, 15) is 13.6 Å². The molecular formula is C13H8BrClF2N2O. The van der Waals surface area contributed by atoms with Gasteiger partial charge in [-0.15, -0.1) is 0 Å². The van der Waals surface area contributed by atoms with Gasteiger partial charge < -0.3 is 11.1 Å². The van der Waals surface area contributed by atoms with E-state index >= 15 is 0 Å². The second-order valence-corrected chi connectivity index (χ2v) is 5.20. The monoisotopic (exact) mass is 360 g/mol. The summed E-state index contributed by atoms with van der Waals surface area (Å²) in [7, 11) is 0. The Bertz CT molecular complexity index is 671. The van der Waals surface area contributed by atoms with Crippen molar-refractivity contribution in [2.45, 2.75) is 0 Å². The third-order valence-electron chi connectivity index (χ3n) is 2.51. The number of carbonyl (C=O) groups is 1. The maximum Gasteiger partial charge on any atom is 0.255 e. The lowest BCUT2D eigenvalue weighted by atomic mass is 10.2. The molecule has 20 heavy (non-hydrogen) atoms. The van der Waals surface area contributed by atoms with E-state index < -0.39 is 17.5 Å². The van der Waals surface area contributed by atoms with Crippen molar-refractivity contribution in [3.8, 4) is 0 Å². The molecule has 7 heteroatoms. The number of nitrogen functional groups attached to an aromatic ring is 1. The van der Waals surface area contributed by atoms with Crippen LogP contribution in [0.2, 0.25) is 5.02 Å². The molecule has 0 heterocycles. The number of nitrogens with one attached hydrogen (secondary N) is 1. The molecule has 3 nitrogen and oxygen atoms in total. The number of rotatable bonds is 2. The standard InChI is InChI=1S/C13H8BrClF2N2O/c14-8-2-1-6(3-9(8)15)13(20)19-12-10(17)4-7(16)5-11(12)18/h1-5H,18H2,(H,19,20). The molecule has 0 saturated heterocycles. The van der Waals surface area contributed by atoms with Crippen LogP contribution in [-0.2, 0) is 0 Å². The van der Waals surface area contributed by atoms with Gasteiger partial charge in [0.2, 0.25) is 0 Å². The van der Waals surface area contributed by atoms with Crippen molar-refractivity contribution in [2.24, 2.45) is 0 Å². The second-order valence-electron chi connectivity index (χ2n) is 3.93. The molecule has 0 radical (unpaired) electrons. The van der Waals surface area contributed by atoms with Crippen molar-refractivity contribution in [2.75, 3.05) is 11.1 Å². The Labute approximate surface area is 126 Å². The molecule has 0 aliphatic heterocycles. The largest absolute Gasteiger partial charge is 0.397 e. The normalized spacial score (nSPS) is 10.4. The topological polar surface area (TPSA) is 55.1 Å². The molecule has 0 aliphatic carbocycles. The first kappa shape index (κ1) is 14.7. The van der Waals surface area contributed by atoms with Crippen LogP contribution in [0.15, 0.2) is 34.8 Å². The summed E-state index contributed by atoms with van der Waals surface area (Å²) in [5.74, 6) is -2.36. The first-order valence-corrected chi connectivity index (χ1v) is 6.56. The first-order chi connectivity index (χ1) is 9.38. The van der Waals surface area contributed by atoms with Crippen LogP contribution in [0.3, 0.4) is 0 Å². The van der Waals surface area contributed by atoms with Crippen LogP contribution in [0.1, 0.15) is 10.4 Å². The number of amides is 1. The van der Waals surface area contributed by atoms with Gasteiger partial charge in [0.1, 0.15) is 11.5 Å². The van der Waals surface area contributed by atoms with Crippen molar-refractivity contribution in [3.63, 3.8) is 0 Å². The first-order valence-electron chi connectivity index (χ1n) is 5.39. The Kier molecular flexibility index (Phi) is 4.25. The summed E-state index contributed by atoms with van der Waals surface area (Å²) in [6, 6.07) is 6.07. The third-order valence-corrected chi connectivity index (χ3v) is 3.74. The Morgan fingerprint density at radius 3 is 2.55 bits per heavy atom. The van der Waals surface area contributed by atoms with Crippen LogP contribution in [0.5, 0.6) is 0 Å². The van der Waals surface area contributed by atoms with Gasteiger partial charge in [0.15, 0.2) is 5.82 Å². The molecule has 2 aromatic carbocycles. The molecule has 0 fully saturated rings. The minimum atomic E-state index is -0.945. The molecule has 2 rings (SSSR count). The van der Waals surface area contributed by atoms with Crippen LogP contribution in [0, 0.1) is 11.6 Å². The van der Waals surface area contributed by atoms with E-state index in [2.05, 4.69) is 21.2 Å². The highest BCUT2D eigenvalue weighted by atomic mass is 79.9. The zero-order valence-electron chi connectivity index (χ0n) is 9.88. The predicted molar refractivity (Wildman–Crippen MR) is 77.9 cm³/mol. The Hall–Kier alpha value is -1.66. The van der Waals surface area contributed by atoms with Gasteiger partial charge in [-0.1, -0.05) is 11.6 Å². The van der Waals surface area contributed by atoms with E-state index in [-0.39, 0.29) is 16.9 Å². The average Bonchev–Trinajstić information content (AvgIpc) is 2.36. The molecule has 0 aliphatic rings. The molecule has 0 bridgehead atoms. The molecule has 104 valence electrons. The van der Waals surface area contributed by atoms with Gasteiger partial charge in [0.25, 0.3) is 5.91 Å². The summed E-state index contributed by atoms with van der Waals surface area (Å²) < 4.78 is 27.1. The fourth-order valence-electron chi connectivity index (χ4n) is 1.55. The summed E-state index contributed by atoms with van der Waals surface area (Å²) in [5.41, 5.74) is 5.23. The number of nitrogens with two attached hydrogens (primary N) is 1. The predicted octanol–water partition coefficient (Wildman–Crippen LogP) is 4.22. The van der Waals surface area contributed by atoms with Crippen LogP contribution >= 0.6 is 27.5 Å². The van der Waals surface area contributed by atoms with Crippen molar-refractivity contribution >= 4 is 44.8 Å². The van der Waals surface area contributed by atoms with E-state index in [0.29, 0.717) is 15.6 Å². The minimum absolute atomic E-state index is 0.195. The maximum absolute atomic E-state index is 13.6. The number of halogens is 4. The molecule has 0 saturated carbocycles. The molecule has 0 unspecified atom stereocenters. The Morgan fingerprint density at radius 1 is 1.25 bits per heavy atom. The highest BCUT2D eigenvalue weighted by Gasteiger charge is 2.14. The highest BCUT2D eigenvalue weighted by Crippen LogP contribution is 2.26. The van der Waals surface area contributed by atoms with Gasteiger partial charge in [-0.05, 0) is 40.2 Å². The number of hydrogen-bond acceptors (Lipinski definition) is 2. The van der Waals surface area contributed by atoms with Crippen molar-refractivity contribution < 1.29 is 13.6 Å². The quantitative estimate of drug-likeness (QED) is 0.787. The van der Waals surface area contributed by atoms with E-state index in [4.69, 9.17) is 17.3 Å². The molecular weight excluding hydrogens is 354 g/mol. The summed E-state index contributed by atoms with van der Waals surface area (Å²) in [4.78, 5) is 12.0. The third kappa shape index (κ3) is 3.08. The van der Waals surface area contributed by atoms with Gasteiger partial charge in [0.05, 0.1) is 10.7 Å². The van der Waals surface area contributed by atoms with Crippen LogP contribution in [-0.4, -0.2) is 5.91 Å². The molecule has 0 spiro atoms. The maximum atomic E-state index is 13.6. The van der Waals surface area contributed by atoms with Gasteiger partial charge in [-0.25, -0.2) is 8.78 Å². The van der Waals surface area contributed by atoms with E-state index in [1.54, 1.807) is 6.07 Å². The van der Waals surface area contributed by atoms with Gasteiger partial charge in [0, 0.05) is 16.1 Å². The summed E-state index contributed by atoms with van der Waals surface area (Å²) in [5, 5.41) is 2.63. The fourth-order valence-corrected chi connectivity index (χ4v) is 1.98. The van der Waals surface area contributed by atoms with Crippen molar-refractivity contribution in [1.29, 1.82) is 0 Å². The fraction of sp³-hybridized carbons (Fsp3) is 0. The highest BCUT2D eigenvalue weighted by molar-refractivity contribution is 9.10. The van der Waals surface area contributed by atoms with Gasteiger partial charge in [-0.3, -0.25) is 4.79 Å². The summed E-state index contributed by atoms with van der Waals surface area (Å²) in [6.07, 6.45) is 0. The van der Waals surface area contributed by atoms with E-state index in [0.717, 1.165) is 6.07 Å². The van der Waals surface area contributed by atoms with Gasteiger partial charge in [-0.2, -0.15) is 0 Å². The molecule has 0 atom stereocenters. The van der Waals surface area contributed by atoms with Crippen LogP contribution in [0.25, 0.3) is 0 Å². The lowest BCUT2D eigenvalue weighted by Gasteiger charge is -2.10. The number of benzene rings is 2. The number of hydrogen-bond donors (Lipinski definition) is 2.